The van der Waals surface area contributed by atoms with E-state index >= 15 is 0 Å². The summed E-state index contributed by atoms with van der Waals surface area (Å²) >= 11 is 1.27. The van der Waals surface area contributed by atoms with E-state index in [2.05, 4.69) is 25.3 Å². The van der Waals surface area contributed by atoms with Gasteiger partial charge in [0.15, 0.2) is 16.3 Å². The lowest BCUT2D eigenvalue weighted by Crippen LogP contribution is -2.38. The van der Waals surface area contributed by atoms with Crippen molar-refractivity contribution in [3.05, 3.63) is 50.8 Å². The lowest BCUT2D eigenvalue weighted by molar-refractivity contribution is -0.118. The monoisotopic (exact) mass is 426 g/mol. The molecule has 0 radical (unpaired) electrons. The Bertz CT molecular complexity index is 1380. The summed E-state index contributed by atoms with van der Waals surface area (Å²) in [5.74, 6) is 0.291. The zero-order valence-corrected chi connectivity index (χ0v) is 17.5. The molecule has 0 aromatic carbocycles. The van der Waals surface area contributed by atoms with Gasteiger partial charge in [0.1, 0.15) is 11.9 Å². The predicted octanol–water partition coefficient (Wildman–Crippen LogP) is 0.855. The molecule has 4 aromatic heterocycles. The number of carbonyl (C=O) groups excluding carboxylic acids is 1. The van der Waals surface area contributed by atoms with Crippen LogP contribution in [-0.2, 0) is 18.9 Å². The lowest BCUT2D eigenvalue weighted by atomic mass is 10.3. The van der Waals surface area contributed by atoms with Gasteiger partial charge in [0.05, 0.1) is 12.0 Å². The Morgan fingerprint density at radius 3 is 2.53 bits per heavy atom. The van der Waals surface area contributed by atoms with E-state index in [4.69, 9.17) is 0 Å². The average molecular weight is 426 g/mol. The zero-order chi connectivity index (χ0) is 21.6. The summed E-state index contributed by atoms with van der Waals surface area (Å²) in [7, 11) is 2.91. The summed E-state index contributed by atoms with van der Waals surface area (Å²) in [4.78, 5) is 54.3. The van der Waals surface area contributed by atoms with E-state index in [0.717, 1.165) is 10.1 Å². The Balaban J connectivity index is 1.62. The van der Waals surface area contributed by atoms with Gasteiger partial charge >= 0.3 is 5.69 Å². The molecule has 0 aliphatic carbocycles. The van der Waals surface area contributed by atoms with Gasteiger partial charge in [0, 0.05) is 37.4 Å². The van der Waals surface area contributed by atoms with Crippen molar-refractivity contribution < 1.29 is 4.79 Å². The number of aryl methyl sites for hydroxylation is 2. The van der Waals surface area contributed by atoms with Crippen molar-refractivity contribution in [2.24, 2.45) is 14.1 Å². The SMILES string of the molecule is Cc1ncc(-c2csc(NC(=O)[C@H](C)n3cnc4c3c(=O)n(C)c(=O)n4C)n2)cn1. The van der Waals surface area contributed by atoms with Gasteiger partial charge in [0.25, 0.3) is 5.56 Å². The largest absolute Gasteiger partial charge is 0.332 e. The molecule has 1 N–H and O–H groups in total. The lowest BCUT2D eigenvalue weighted by Gasteiger charge is -2.13. The molecule has 0 fully saturated rings. The molecule has 0 spiro atoms. The van der Waals surface area contributed by atoms with Gasteiger partial charge < -0.3 is 9.88 Å². The van der Waals surface area contributed by atoms with Crippen molar-refractivity contribution in [1.82, 2.24) is 33.6 Å². The molecule has 0 bridgehead atoms. The molecule has 0 saturated carbocycles. The predicted molar refractivity (Wildman–Crippen MR) is 111 cm³/mol. The Morgan fingerprint density at radius 2 is 1.83 bits per heavy atom. The minimum atomic E-state index is -0.754. The summed E-state index contributed by atoms with van der Waals surface area (Å²) in [5.41, 5.74) is 0.805. The molecule has 4 heterocycles. The molecule has 154 valence electrons. The Morgan fingerprint density at radius 1 is 1.13 bits per heavy atom. The number of carbonyl (C=O) groups is 1. The Kier molecular flexibility index (Phi) is 4.78. The number of anilines is 1. The molecule has 0 aliphatic rings. The number of imidazole rings is 1. The van der Waals surface area contributed by atoms with E-state index in [1.165, 1.54) is 40.9 Å². The van der Waals surface area contributed by atoms with Crippen LogP contribution in [0.1, 0.15) is 18.8 Å². The summed E-state index contributed by atoms with van der Waals surface area (Å²) in [5, 5.41) is 4.97. The van der Waals surface area contributed by atoms with Gasteiger partial charge in [-0.05, 0) is 13.8 Å². The highest BCUT2D eigenvalue weighted by atomic mass is 32.1. The van der Waals surface area contributed by atoms with E-state index in [1.54, 1.807) is 31.6 Å². The first-order chi connectivity index (χ1) is 14.3. The summed E-state index contributed by atoms with van der Waals surface area (Å²) in [6, 6.07) is -0.754. The zero-order valence-electron chi connectivity index (χ0n) is 16.7. The number of fused-ring (bicyclic) bond motifs is 1. The second-order valence-corrected chi connectivity index (χ2v) is 7.61. The van der Waals surface area contributed by atoms with Crippen LogP contribution in [0, 0.1) is 6.92 Å². The van der Waals surface area contributed by atoms with Crippen molar-refractivity contribution in [3.8, 4) is 11.3 Å². The summed E-state index contributed by atoms with van der Waals surface area (Å²) in [6.07, 6.45) is 4.72. The third-order valence-corrected chi connectivity index (χ3v) is 5.54. The van der Waals surface area contributed by atoms with Crippen LogP contribution in [0.4, 0.5) is 5.13 Å². The van der Waals surface area contributed by atoms with Crippen LogP contribution < -0.4 is 16.6 Å². The molecule has 1 amide bonds. The molecule has 30 heavy (non-hydrogen) atoms. The molecule has 0 unspecified atom stereocenters. The van der Waals surface area contributed by atoms with Crippen molar-refractivity contribution in [1.29, 1.82) is 0 Å². The van der Waals surface area contributed by atoms with Gasteiger partial charge in [-0.3, -0.25) is 18.7 Å². The smallest absolute Gasteiger partial charge is 0.312 e. The van der Waals surface area contributed by atoms with Crippen LogP contribution in [-0.4, -0.2) is 39.5 Å². The van der Waals surface area contributed by atoms with Gasteiger partial charge in [0.2, 0.25) is 5.91 Å². The molecular weight excluding hydrogens is 408 g/mol. The van der Waals surface area contributed by atoms with E-state index in [-0.39, 0.29) is 17.1 Å². The maximum Gasteiger partial charge on any atom is 0.332 e. The fourth-order valence-corrected chi connectivity index (χ4v) is 3.71. The van der Waals surface area contributed by atoms with Crippen molar-refractivity contribution in [2.45, 2.75) is 19.9 Å². The quantitative estimate of drug-likeness (QED) is 0.512. The van der Waals surface area contributed by atoms with E-state index in [0.29, 0.717) is 16.6 Å². The first-order valence-electron chi connectivity index (χ1n) is 8.96. The minimum Gasteiger partial charge on any atom is -0.312 e. The Hall–Kier alpha value is -3.67. The highest BCUT2D eigenvalue weighted by molar-refractivity contribution is 7.14. The summed E-state index contributed by atoms with van der Waals surface area (Å²) in [6.45, 7) is 3.44. The average Bonchev–Trinajstić information content (AvgIpc) is 3.38. The van der Waals surface area contributed by atoms with Gasteiger partial charge in [-0.2, -0.15) is 0 Å². The second-order valence-electron chi connectivity index (χ2n) is 6.75. The number of nitrogens with one attached hydrogen (secondary N) is 1. The molecule has 12 heteroatoms. The standard InChI is InChI=1S/C18H18N8O3S/c1-9(26-8-21-14-13(26)16(28)25(4)18(29)24(14)3)15(27)23-17-22-12(7-30-17)11-5-19-10(2)20-6-11/h5-9H,1-4H3,(H,22,23,27)/t9-/m0/s1. The summed E-state index contributed by atoms with van der Waals surface area (Å²) < 4.78 is 3.71. The van der Waals surface area contributed by atoms with Gasteiger partial charge in [-0.25, -0.2) is 24.7 Å². The third kappa shape index (κ3) is 3.20. The molecule has 4 aromatic rings. The van der Waals surface area contributed by atoms with E-state index in [9.17, 15) is 14.4 Å². The van der Waals surface area contributed by atoms with Crippen LogP contribution in [0.25, 0.3) is 22.4 Å². The van der Waals surface area contributed by atoms with E-state index in [1.807, 2.05) is 0 Å². The van der Waals surface area contributed by atoms with Crippen LogP contribution in [0.15, 0.2) is 33.7 Å². The van der Waals surface area contributed by atoms with E-state index < -0.39 is 17.3 Å². The first kappa shape index (κ1) is 19.6. The number of hydrogen-bond acceptors (Lipinski definition) is 8. The van der Waals surface area contributed by atoms with Crippen molar-refractivity contribution in [3.63, 3.8) is 0 Å². The Labute approximate surface area is 173 Å². The molecule has 1 atom stereocenters. The fourth-order valence-electron chi connectivity index (χ4n) is 2.98. The number of rotatable bonds is 4. The highest BCUT2D eigenvalue weighted by Crippen LogP contribution is 2.25. The van der Waals surface area contributed by atoms with Crippen molar-refractivity contribution in [2.75, 3.05) is 5.32 Å². The number of hydrogen-bond donors (Lipinski definition) is 1. The first-order valence-corrected chi connectivity index (χ1v) is 9.84. The fraction of sp³-hybridized carbons (Fsp3) is 0.278. The maximum absolute atomic E-state index is 12.8. The maximum atomic E-state index is 12.8. The van der Waals surface area contributed by atoms with Gasteiger partial charge in [-0.15, -0.1) is 11.3 Å². The van der Waals surface area contributed by atoms with Gasteiger partial charge in [-0.1, -0.05) is 0 Å². The third-order valence-electron chi connectivity index (χ3n) is 4.78. The van der Waals surface area contributed by atoms with Crippen LogP contribution >= 0.6 is 11.3 Å². The number of amides is 1. The molecule has 11 nitrogen and oxygen atoms in total. The van der Waals surface area contributed by atoms with Crippen molar-refractivity contribution >= 4 is 33.5 Å². The highest BCUT2D eigenvalue weighted by Gasteiger charge is 2.22. The normalized spacial score (nSPS) is 12.3. The molecule has 0 saturated heterocycles. The second kappa shape index (κ2) is 7.30. The number of nitrogens with zero attached hydrogens (tertiary/aromatic N) is 7. The molecule has 4 rings (SSSR count). The van der Waals surface area contributed by atoms with Crippen LogP contribution in [0.5, 0.6) is 0 Å². The van der Waals surface area contributed by atoms with Crippen LogP contribution in [0.2, 0.25) is 0 Å². The molecular formula is C18H18N8O3S. The topological polar surface area (TPSA) is 130 Å². The number of thiazole rings is 1. The van der Waals surface area contributed by atoms with Crippen LogP contribution in [0.3, 0.4) is 0 Å². The number of aromatic nitrogens is 7. The minimum absolute atomic E-state index is 0.180. The molecule has 0 aliphatic heterocycles.